The molecule has 0 radical (unpaired) electrons. The van der Waals surface area contributed by atoms with E-state index in [1.165, 1.54) is 0 Å². The summed E-state index contributed by atoms with van der Waals surface area (Å²) in [5.74, 6) is -0.453. The maximum atomic E-state index is 12.2. The molecular weight excluding hydrogens is 260 g/mol. The van der Waals surface area contributed by atoms with Crippen LogP contribution in [0.2, 0.25) is 0 Å². The molecule has 6 nitrogen and oxygen atoms in total. The van der Waals surface area contributed by atoms with Crippen LogP contribution in [0.1, 0.15) is 38.5 Å². The summed E-state index contributed by atoms with van der Waals surface area (Å²) in [7, 11) is 0. The molecule has 2 heterocycles. The predicted molar refractivity (Wildman–Crippen MR) is 73.5 cm³/mol. The summed E-state index contributed by atoms with van der Waals surface area (Å²) in [4.78, 5) is 24.8. The third-order valence-electron chi connectivity index (χ3n) is 4.09. The second-order valence-electron chi connectivity index (χ2n) is 5.71. The highest BCUT2D eigenvalue weighted by Gasteiger charge is 2.28. The zero-order valence-corrected chi connectivity index (χ0v) is 11.8. The summed E-state index contributed by atoms with van der Waals surface area (Å²) in [6.07, 6.45) is 4.91. The Hall–Kier alpha value is -1.30. The van der Waals surface area contributed by atoms with Gasteiger partial charge in [0.1, 0.15) is 0 Å². The number of likely N-dealkylation sites (tertiary alicyclic amines) is 1. The highest BCUT2D eigenvalue weighted by atomic mass is 16.5. The largest absolute Gasteiger partial charge is 0.481 e. The van der Waals surface area contributed by atoms with Gasteiger partial charge in [-0.2, -0.15) is 0 Å². The van der Waals surface area contributed by atoms with Crippen molar-refractivity contribution in [2.24, 2.45) is 5.92 Å². The van der Waals surface area contributed by atoms with Crippen molar-refractivity contribution in [1.82, 2.24) is 10.2 Å². The van der Waals surface area contributed by atoms with Crippen molar-refractivity contribution < 1.29 is 19.4 Å². The summed E-state index contributed by atoms with van der Waals surface area (Å²) in [6.45, 7) is 2.80. The van der Waals surface area contributed by atoms with E-state index in [1.54, 1.807) is 4.90 Å². The molecule has 0 aliphatic carbocycles. The molecule has 0 bridgehead atoms. The van der Waals surface area contributed by atoms with Crippen LogP contribution in [0.3, 0.4) is 0 Å². The minimum atomic E-state index is -0.838. The quantitative estimate of drug-likeness (QED) is 0.819. The first kappa shape index (κ1) is 15.1. The molecule has 2 aliphatic rings. The zero-order chi connectivity index (χ0) is 14.4. The van der Waals surface area contributed by atoms with Gasteiger partial charge in [-0.05, 0) is 38.0 Å². The van der Waals surface area contributed by atoms with E-state index in [0.717, 1.165) is 38.7 Å². The Labute approximate surface area is 119 Å². The fourth-order valence-electron chi connectivity index (χ4n) is 2.98. The highest BCUT2D eigenvalue weighted by molar-refractivity contribution is 5.76. The van der Waals surface area contributed by atoms with Gasteiger partial charge in [-0.25, -0.2) is 4.79 Å². The van der Waals surface area contributed by atoms with E-state index in [4.69, 9.17) is 9.84 Å². The maximum absolute atomic E-state index is 12.2. The molecule has 0 aromatic rings. The Morgan fingerprint density at radius 3 is 2.80 bits per heavy atom. The topological polar surface area (TPSA) is 78.9 Å². The average molecular weight is 284 g/mol. The van der Waals surface area contributed by atoms with E-state index in [2.05, 4.69) is 5.32 Å². The summed E-state index contributed by atoms with van der Waals surface area (Å²) in [6, 6.07) is -0.287. The van der Waals surface area contributed by atoms with Crippen molar-refractivity contribution in [1.29, 1.82) is 0 Å². The van der Waals surface area contributed by atoms with Crippen LogP contribution in [0.5, 0.6) is 0 Å². The number of hydrogen-bond acceptors (Lipinski definition) is 3. The standard InChI is InChI=1S/C14H24N2O4/c17-13(18)8-12-5-1-2-6-16(12)14(19)15-9-11-4-3-7-20-10-11/h11-12H,1-10H2,(H,15,19)(H,17,18). The first-order chi connectivity index (χ1) is 9.66. The lowest BCUT2D eigenvalue weighted by atomic mass is 9.99. The Bertz CT molecular complexity index is 342. The number of nitrogens with one attached hydrogen (secondary N) is 1. The van der Waals surface area contributed by atoms with E-state index < -0.39 is 5.97 Å². The van der Waals surface area contributed by atoms with Gasteiger partial charge in [0, 0.05) is 25.7 Å². The number of nitrogens with zero attached hydrogens (tertiary/aromatic N) is 1. The van der Waals surface area contributed by atoms with Crippen LogP contribution in [0, 0.1) is 5.92 Å². The second kappa shape index (κ2) is 7.47. The molecule has 2 aliphatic heterocycles. The average Bonchev–Trinajstić information content (AvgIpc) is 2.46. The van der Waals surface area contributed by atoms with E-state index >= 15 is 0 Å². The van der Waals surface area contributed by atoms with Crippen molar-refractivity contribution in [3.63, 3.8) is 0 Å². The third kappa shape index (κ3) is 4.37. The number of ether oxygens (including phenoxy) is 1. The number of carboxylic acids is 1. The molecule has 20 heavy (non-hydrogen) atoms. The SMILES string of the molecule is O=C(O)CC1CCCCN1C(=O)NCC1CCCOC1. The minimum Gasteiger partial charge on any atom is -0.481 e. The molecule has 114 valence electrons. The number of amides is 2. The fourth-order valence-corrected chi connectivity index (χ4v) is 2.98. The van der Waals surface area contributed by atoms with Gasteiger partial charge >= 0.3 is 12.0 Å². The Balaban J connectivity index is 1.80. The molecule has 0 saturated carbocycles. The van der Waals surface area contributed by atoms with Gasteiger partial charge in [0.25, 0.3) is 0 Å². The van der Waals surface area contributed by atoms with Crippen LogP contribution in [0.4, 0.5) is 4.79 Å². The van der Waals surface area contributed by atoms with Crippen molar-refractivity contribution >= 4 is 12.0 Å². The van der Waals surface area contributed by atoms with Crippen LogP contribution >= 0.6 is 0 Å². The van der Waals surface area contributed by atoms with Gasteiger partial charge < -0.3 is 20.1 Å². The van der Waals surface area contributed by atoms with Crippen molar-refractivity contribution in [3.8, 4) is 0 Å². The molecule has 2 saturated heterocycles. The molecule has 2 rings (SSSR count). The van der Waals surface area contributed by atoms with Gasteiger partial charge in [-0.3, -0.25) is 4.79 Å². The number of rotatable bonds is 4. The van der Waals surface area contributed by atoms with Crippen LogP contribution in [-0.2, 0) is 9.53 Å². The molecule has 2 N–H and O–H groups in total. The predicted octanol–water partition coefficient (Wildman–Crippen LogP) is 1.45. The Morgan fingerprint density at radius 1 is 1.25 bits per heavy atom. The van der Waals surface area contributed by atoms with Gasteiger partial charge in [0.15, 0.2) is 0 Å². The van der Waals surface area contributed by atoms with E-state index in [1.807, 2.05) is 0 Å². The number of urea groups is 1. The second-order valence-corrected chi connectivity index (χ2v) is 5.71. The number of carbonyl (C=O) groups is 2. The molecule has 6 heteroatoms. The first-order valence-corrected chi connectivity index (χ1v) is 7.51. The molecule has 2 amide bonds. The maximum Gasteiger partial charge on any atom is 0.317 e. The molecule has 0 aromatic heterocycles. The molecule has 2 unspecified atom stereocenters. The normalized spacial score (nSPS) is 27.1. The Morgan fingerprint density at radius 2 is 2.10 bits per heavy atom. The van der Waals surface area contributed by atoms with Crippen molar-refractivity contribution in [2.75, 3.05) is 26.3 Å². The Kier molecular flexibility index (Phi) is 5.64. The lowest BCUT2D eigenvalue weighted by Gasteiger charge is -2.35. The summed E-state index contributed by atoms with van der Waals surface area (Å²) in [5.41, 5.74) is 0. The number of hydrogen-bond donors (Lipinski definition) is 2. The lowest BCUT2D eigenvalue weighted by Crippen LogP contribution is -2.50. The van der Waals surface area contributed by atoms with Gasteiger partial charge in [-0.15, -0.1) is 0 Å². The summed E-state index contributed by atoms with van der Waals surface area (Å²) < 4.78 is 5.39. The van der Waals surface area contributed by atoms with Gasteiger partial charge in [0.05, 0.1) is 13.0 Å². The molecule has 0 aromatic carbocycles. The van der Waals surface area contributed by atoms with Crippen LogP contribution in [0.15, 0.2) is 0 Å². The molecular formula is C14H24N2O4. The number of carbonyl (C=O) groups excluding carboxylic acids is 1. The monoisotopic (exact) mass is 284 g/mol. The summed E-state index contributed by atoms with van der Waals surface area (Å²) in [5, 5.41) is 11.9. The first-order valence-electron chi connectivity index (χ1n) is 7.51. The fraction of sp³-hybridized carbons (Fsp3) is 0.857. The van der Waals surface area contributed by atoms with Crippen LogP contribution < -0.4 is 5.32 Å². The van der Waals surface area contributed by atoms with Crippen molar-refractivity contribution in [3.05, 3.63) is 0 Å². The van der Waals surface area contributed by atoms with Gasteiger partial charge in [-0.1, -0.05) is 0 Å². The van der Waals surface area contributed by atoms with Crippen molar-refractivity contribution in [2.45, 2.75) is 44.6 Å². The van der Waals surface area contributed by atoms with E-state index in [9.17, 15) is 9.59 Å². The molecule has 2 atom stereocenters. The van der Waals surface area contributed by atoms with E-state index in [0.29, 0.717) is 25.6 Å². The minimum absolute atomic E-state index is 0.0416. The van der Waals surface area contributed by atoms with Crippen LogP contribution in [-0.4, -0.2) is 54.4 Å². The smallest absolute Gasteiger partial charge is 0.317 e. The molecule has 0 spiro atoms. The van der Waals surface area contributed by atoms with E-state index in [-0.39, 0.29) is 18.5 Å². The zero-order valence-electron chi connectivity index (χ0n) is 11.8. The number of piperidine rings is 1. The molecule has 2 fully saturated rings. The third-order valence-corrected chi connectivity index (χ3v) is 4.09. The number of carboxylic acid groups (broad SMARTS) is 1. The van der Waals surface area contributed by atoms with Gasteiger partial charge in [0.2, 0.25) is 0 Å². The van der Waals surface area contributed by atoms with Crippen LogP contribution in [0.25, 0.3) is 0 Å². The summed E-state index contributed by atoms with van der Waals surface area (Å²) >= 11 is 0. The lowest BCUT2D eigenvalue weighted by molar-refractivity contribution is -0.138. The highest BCUT2D eigenvalue weighted by Crippen LogP contribution is 2.20. The number of aliphatic carboxylic acids is 1.